The highest BCUT2D eigenvalue weighted by molar-refractivity contribution is 7.99. The first-order valence-corrected chi connectivity index (χ1v) is 7.76. The molecular weight excluding hydrogens is 298 g/mol. The van der Waals surface area contributed by atoms with E-state index in [1.54, 1.807) is 36.0 Å². The Morgan fingerprint density at radius 1 is 0.909 bits per heavy atom. The molecule has 2 aromatic carbocycles. The van der Waals surface area contributed by atoms with Gasteiger partial charge < -0.3 is 16.4 Å². The van der Waals surface area contributed by atoms with Gasteiger partial charge in [-0.1, -0.05) is 18.2 Å². The van der Waals surface area contributed by atoms with Crippen LogP contribution in [0.5, 0.6) is 0 Å². The summed E-state index contributed by atoms with van der Waals surface area (Å²) in [5.41, 5.74) is 6.30. The molecule has 0 aliphatic rings. The lowest BCUT2D eigenvalue weighted by atomic mass is 10.2. The maximum atomic E-state index is 11.9. The van der Waals surface area contributed by atoms with E-state index in [0.29, 0.717) is 17.8 Å². The van der Waals surface area contributed by atoms with E-state index in [1.165, 1.54) is 0 Å². The third kappa shape index (κ3) is 5.49. The van der Waals surface area contributed by atoms with Crippen molar-refractivity contribution in [1.82, 2.24) is 0 Å². The second-order valence-electron chi connectivity index (χ2n) is 4.53. The summed E-state index contributed by atoms with van der Waals surface area (Å²) < 4.78 is 0. The van der Waals surface area contributed by atoms with Gasteiger partial charge in [0.15, 0.2) is 0 Å². The monoisotopic (exact) mass is 315 g/mol. The summed E-state index contributed by atoms with van der Waals surface area (Å²) in [6, 6.07) is 16.1. The molecule has 0 atom stereocenters. The molecule has 5 nitrogen and oxygen atoms in total. The zero-order valence-electron chi connectivity index (χ0n) is 11.9. The van der Waals surface area contributed by atoms with E-state index in [9.17, 15) is 9.59 Å². The number of rotatable bonds is 6. The molecule has 4 N–H and O–H groups in total. The Kier molecular flexibility index (Phi) is 5.85. The second-order valence-corrected chi connectivity index (χ2v) is 5.69. The van der Waals surface area contributed by atoms with Crippen molar-refractivity contribution in [1.29, 1.82) is 0 Å². The van der Waals surface area contributed by atoms with E-state index in [0.717, 1.165) is 10.6 Å². The summed E-state index contributed by atoms with van der Waals surface area (Å²) in [5.74, 6) is 0.677. The zero-order chi connectivity index (χ0) is 15.8. The number of primary amides is 1. The summed E-state index contributed by atoms with van der Waals surface area (Å²) in [4.78, 5) is 23.7. The Morgan fingerprint density at radius 3 is 2.09 bits per heavy atom. The van der Waals surface area contributed by atoms with Gasteiger partial charge in [0.25, 0.3) is 0 Å². The highest BCUT2D eigenvalue weighted by atomic mass is 32.2. The normalized spacial score (nSPS) is 10.0. The van der Waals surface area contributed by atoms with E-state index in [4.69, 9.17) is 5.73 Å². The Balaban J connectivity index is 1.75. The van der Waals surface area contributed by atoms with Gasteiger partial charge in [-0.2, -0.15) is 0 Å². The topological polar surface area (TPSA) is 84.2 Å². The lowest BCUT2D eigenvalue weighted by Gasteiger charge is -2.07. The van der Waals surface area contributed by atoms with E-state index in [1.807, 2.05) is 30.3 Å². The van der Waals surface area contributed by atoms with Crippen molar-refractivity contribution in [3.8, 4) is 0 Å². The molecule has 0 aliphatic heterocycles. The first kappa shape index (κ1) is 15.9. The molecule has 3 amide bonds. The van der Waals surface area contributed by atoms with Gasteiger partial charge in [-0.05, 0) is 36.4 Å². The van der Waals surface area contributed by atoms with E-state index < -0.39 is 6.03 Å². The third-order valence-electron chi connectivity index (χ3n) is 2.78. The molecule has 2 rings (SSSR count). The number of amides is 3. The molecule has 0 saturated heterocycles. The van der Waals surface area contributed by atoms with Crippen LogP contribution in [0, 0.1) is 0 Å². The summed E-state index contributed by atoms with van der Waals surface area (Å²) in [6.45, 7) is 0. The zero-order valence-corrected chi connectivity index (χ0v) is 12.7. The highest BCUT2D eigenvalue weighted by Gasteiger charge is 2.03. The molecule has 2 aromatic rings. The number of carbonyl (C=O) groups is 2. The first-order chi connectivity index (χ1) is 10.6. The van der Waals surface area contributed by atoms with Gasteiger partial charge in [-0.25, -0.2) is 4.79 Å². The maximum absolute atomic E-state index is 11.9. The number of anilines is 2. The van der Waals surface area contributed by atoms with Crippen molar-refractivity contribution in [2.45, 2.75) is 11.3 Å². The molecule has 0 spiro atoms. The van der Waals surface area contributed by atoms with E-state index in [-0.39, 0.29) is 5.91 Å². The van der Waals surface area contributed by atoms with Crippen LogP contribution in [0.1, 0.15) is 6.42 Å². The molecule has 0 saturated carbocycles. The van der Waals surface area contributed by atoms with Crippen molar-refractivity contribution in [2.75, 3.05) is 16.4 Å². The fourth-order valence-electron chi connectivity index (χ4n) is 1.78. The summed E-state index contributed by atoms with van der Waals surface area (Å²) >= 11 is 1.65. The highest BCUT2D eigenvalue weighted by Crippen LogP contribution is 2.18. The Bertz CT molecular complexity index is 630. The number of nitrogens with two attached hydrogens (primary N) is 1. The minimum atomic E-state index is -0.616. The van der Waals surface area contributed by atoms with Crippen LogP contribution < -0.4 is 16.4 Å². The van der Waals surface area contributed by atoms with Gasteiger partial charge in [0.2, 0.25) is 5.91 Å². The minimum Gasteiger partial charge on any atom is -0.351 e. The number of benzene rings is 2. The fourth-order valence-corrected chi connectivity index (χ4v) is 2.65. The van der Waals surface area contributed by atoms with Crippen LogP contribution in [-0.2, 0) is 4.79 Å². The van der Waals surface area contributed by atoms with Crippen LogP contribution in [0.25, 0.3) is 0 Å². The molecule has 0 radical (unpaired) electrons. The number of hydrogen-bond donors (Lipinski definition) is 3. The minimum absolute atomic E-state index is 0.0426. The van der Waals surface area contributed by atoms with Crippen LogP contribution in [-0.4, -0.2) is 17.7 Å². The quantitative estimate of drug-likeness (QED) is 0.715. The van der Waals surface area contributed by atoms with Crippen molar-refractivity contribution >= 4 is 35.1 Å². The number of urea groups is 1. The van der Waals surface area contributed by atoms with Gasteiger partial charge in [-0.15, -0.1) is 11.8 Å². The van der Waals surface area contributed by atoms with Gasteiger partial charge in [-0.3, -0.25) is 4.79 Å². The van der Waals surface area contributed by atoms with Crippen LogP contribution in [0.4, 0.5) is 16.2 Å². The van der Waals surface area contributed by atoms with Gasteiger partial charge >= 0.3 is 6.03 Å². The Hall–Kier alpha value is -2.47. The Labute approximate surface area is 133 Å². The van der Waals surface area contributed by atoms with Crippen molar-refractivity contribution < 1.29 is 9.59 Å². The number of nitrogens with one attached hydrogen (secondary N) is 2. The molecule has 22 heavy (non-hydrogen) atoms. The predicted molar refractivity (Wildman–Crippen MR) is 90.1 cm³/mol. The third-order valence-corrected chi connectivity index (χ3v) is 3.79. The molecule has 114 valence electrons. The molecular formula is C16H17N3O2S. The molecule has 0 heterocycles. The molecule has 0 unspecified atom stereocenters. The van der Waals surface area contributed by atoms with Crippen LogP contribution in [0.15, 0.2) is 59.5 Å². The Morgan fingerprint density at radius 2 is 1.50 bits per heavy atom. The summed E-state index contributed by atoms with van der Waals surface area (Å²) in [5, 5.41) is 5.27. The van der Waals surface area contributed by atoms with Crippen LogP contribution >= 0.6 is 11.8 Å². The lowest BCUT2D eigenvalue weighted by Crippen LogP contribution is -2.19. The standard InChI is InChI=1S/C16H17N3O2S/c17-16(21)19-13-8-6-12(7-9-13)18-15(20)10-11-22-14-4-2-1-3-5-14/h1-9H,10-11H2,(H,18,20)(H3,17,19,21). The molecule has 0 bridgehead atoms. The second kappa shape index (κ2) is 8.09. The van der Waals surface area contributed by atoms with Gasteiger partial charge in [0.05, 0.1) is 0 Å². The number of carbonyl (C=O) groups excluding carboxylic acids is 2. The van der Waals surface area contributed by atoms with E-state index >= 15 is 0 Å². The first-order valence-electron chi connectivity index (χ1n) is 6.78. The molecule has 6 heteroatoms. The summed E-state index contributed by atoms with van der Waals surface area (Å²) in [6.07, 6.45) is 0.431. The lowest BCUT2D eigenvalue weighted by molar-refractivity contribution is -0.115. The van der Waals surface area contributed by atoms with E-state index in [2.05, 4.69) is 10.6 Å². The molecule has 0 aliphatic carbocycles. The van der Waals surface area contributed by atoms with Crippen molar-refractivity contribution in [2.24, 2.45) is 5.73 Å². The SMILES string of the molecule is NC(=O)Nc1ccc(NC(=O)CCSc2ccccc2)cc1. The van der Waals surface area contributed by atoms with Crippen molar-refractivity contribution in [3.05, 3.63) is 54.6 Å². The average Bonchev–Trinajstić information content (AvgIpc) is 2.50. The average molecular weight is 315 g/mol. The van der Waals surface area contributed by atoms with Gasteiger partial charge in [0.1, 0.15) is 0 Å². The number of hydrogen-bond acceptors (Lipinski definition) is 3. The van der Waals surface area contributed by atoms with Gasteiger partial charge in [0, 0.05) is 28.4 Å². The number of thioether (sulfide) groups is 1. The smallest absolute Gasteiger partial charge is 0.316 e. The fraction of sp³-hybridized carbons (Fsp3) is 0.125. The largest absolute Gasteiger partial charge is 0.351 e. The van der Waals surface area contributed by atoms with Crippen molar-refractivity contribution in [3.63, 3.8) is 0 Å². The van der Waals surface area contributed by atoms with Crippen LogP contribution in [0.2, 0.25) is 0 Å². The molecule has 0 fully saturated rings. The molecule has 0 aromatic heterocycles. The summed E-state index contributed by atoms with van der Waals surface area (Å²) in [7, 11) is 0. The van der Waals surface area contributed by atoms with Crippen LogP contribution in [0.3, 0.4) is 0 Å². The predicted octanol–water partition coefficient (Wildman–Crippen LogP) is 3.30. The maximum Gasteiger partial charge on any atom is 0.316 e.